The SMILES string of the molecule is CC#CC(CC(=O)O)c1ccc(OCC(COc2ccc(C(F)(F)F)cc2Cl)OC)cc1. The molecular weight excluding hydrogens is 449 g/mol. The van der Waals surface area contributed by atoms with Gasteiger partial charge in [0.05, 0.1) is 22.9 Å². The molecule has 0 aliphatic rings. The number of aliphatic carboxylic acids is 1. The Morgan fingerprint density at radius 1 is 1.12 bits per heavy atom. The molecule has 0 aliphatic heterocycles. The van der Waals surface area contributed by atoms with Crippen LogP contribution in [0.25, 0.3) is 0 Å². The van der Waals surface area contributed by atoms with Gasteiger partial charge in [-0.15, -0.1) is 5.92 Å². The van der Waals surface area contributed by atoms with Gasteiger partial charge in [-0.1, -0.05) is 29.7 Å². The highest BCUT2D eigenvalue weighted by molar-refractivity contribution is 6.32. The van der Waals surface area contributed by atoms with Gasteiger partial charge < -0.3 is 19.3 Å². The van der Waals surface area contributed by atoms with Crippen molar-refractivity contribution in [2.24, 2.45) is 0 Å². The summed E-state index contributed by atoms with van der Waals surface area (Å²) in [6.07, 6.45) is -5.10. The lowest BCUT2D eigenvalue weighted by molar-refractivity contribution is -0.138. The number of hydrogen-bond acceptors (Lipinski definition) is 4. The molecule has 0 saturated carbocycles. The zero-order chi connectivity index (χ0) is 23.7. The molecule has 2 aromatic carbocycles. The molecule has 0 aliphatic carbocycles. The average molecular weight is 471 g/mol. The van der Waals surface area contributed by atoms with Crippen LogP contribution in [0.5, 0.6) is 11.5 Å². The molecule has 5 nitrogen and oxygen atoms in total. The minimum absolute atomic E-state index is 0.00639. The lowest BCUT2D eigenvalue weighted by Gasteiger charge is -2.18. The van der Waals surface area contributed by atoms with Crippen LogP contribution in [0.2, 0.25) is 5.02 Å². The zero-order valence-electron chi connectivity index (χ0n) is 17.4. The van der Waals surface area contributed by atoms with Gasteiger partial charge in [-0.3, -0.25) is 4.79 Å². The molecule has 0 fully saturated rings. The third-order valence-corrected chi connectivity index (χ3v) is 4.73. The van der Waals surface area contributed by atoms with Crippen LogP contribution in [0.1, 0.15) is 30.4 Å². The predicted octanol–water partition coefficient (Wildman–Crippen LogP) is 5.41. The highest BCUT2D eigenvalue weighted by Crippen LogP contribution is 2.34. The van der Waals surface area contributed by atoms with Crippen molar-refractivity contribution in [2.75, 3.05) is 20.3 Å². The average Bonchev–Trinajstić information content (AvgIpc) is 2.74. The van der Waals surface area contributed by atoms with Crippen LogP contribution < -0.4 is 9.47 Å². The monoisotopic (exact) mass is 470 g/mol. The third-order valence-electron chi connectivity index (χ3n) is 4.43. The summed E-state index contributed by atoms with van der Waals surface area (Å²) in [5, 5.41) is 8.87. The van der Waals surface area contributed by atoms with Gasteiger partial charge in [-0.2, -0.15) is 13.2 Å². The number of benzene rings is 2. The maximum absolute atomic E-state index is 12.7. The number of halogens is 4. The maximum atomic E-state index is 12.7. The summed E-state index contributed by atoms with van der Waals surface area (Å²) in [5.74, 6) is 4.89. The van der Waals surface area contributed by atoms with Gasteiger partial charge in [-0.05, 0) is 42.8 Å². The van der Waals surface area contributed by atoms with Gasteiger partial charge in [-0.25, -0.2) is 0 Å². The van der Waals surface area contributed by atoms with Crippen molar-refractivity contribution in [3.8, 4) is 23.3 Å². The van der Waals surface area contributed by atoms with E-state index in [4.69, 9.17) is 30.9 Å². The van der Waals surface area contributed by atoms with Crippen molar-refractivity contribution in [3.63, 3.8) is 0 Å². The molecule has 2 unspecified atom stereocenters. The van der Waals surface area contributed by atoms with Crippen LogP contribution in [-0.4, -0.2) is 37.5 Å². The van der Waals surface area contributed by atoms with E-state index in [1.165, 1.54) is 7.11 Å². The second kappa shape index (κ2) is 11.7. The fourth-order valence-electron chi connectivity index (χ4n) is 2.75. The topological polar surface area (TPSA) is 65.0 Å². The molecule has 0 aromatic heterocycles. The number of carbonyl (C=O) groups is 1. The van der Waals surface area contributed by atoms with E-state index in [1.54, 1.807) is 31.2 Å². The first-order valence-electron chi connectivity index (χ1n) is 9.53. The highest BCUT2D eigenvalue weighted by atomic mass is 35.5. The molecule has 0 bridgehead atoms. The van der Waals surface area contributed by atoms with Crippen LogP contribution in [0.3, 0.4) is 0 Å². The van der Waals surface area contributed by atoms with E-state index < -0.39 is 29.7 Å². The molecule has 0 saturated heterocycles. The van der Waals surface area contributed by atoms with E-state index in [2.05, 4.69) is 11.8 Å². The quantitative estimate of drug-likeness (QED) is 0.470. The summed E-state index contributed by atoms with van der Waals surface area (Å²) in [6.45, 7) is 1.77. The fraction of sp³-hybridized carbons (Fsp3) is 0.348. The summed E-state index contributed by atoms with van der Waals surface area (Å²) < 4.78 is 54.6. The van der Waals surface area contributed by atoms with E-state index in [-0.39, 0.29) is 30.4 Å². The molecule has 0 spiro atoms. The zero-order valence-corrected chi connectivity index (χ0v) is 18.2. The highest BCUT2D eigenvalue weighted by Gasteiger charge is 2.31. The second-order valence-electron chi connectivity index (χ2n) is 6.74. The van der Waals surface area contributed by atoms with Gasteiger partial charge in [0.25, 0.3) is 0 Å². The Hall–Kier alpha value is -2.89. The Bertz CT molecular complexity index is 964. The van der Waals surface area contributed by atoms with Gasteiger partial charge in [0.15, 0.2) is 0 Å². The summed E-state index contributed by atoms with van der Waals surface area (Å²) in [5.41, 5.74) is -0.0990. The smallest absolute Gasteiger partial charge is 0.416 e. The summed E-state index contributed by atoms with van der Waals surface area (Å²) >= 11 is 5.89. The molecule has 0 amide bonds. The summed E-state index contributed by atoms with van der Waals surface area (Å²) in [7, 11) is 1.45. The number of hydrogen-bond donors (Lipinski definition) is 1. The van der Waals surface area contributed by atoms with E-state index in [1.807, 2.05) is 0 Å². The number of carboxylic acid groups (broad SMARTS) is 1. The standard InChI is InChI=1S/C23H22ClF3O5/c1-3-4-16(11-22(28)29)15-5-8-18(9-6-15)31-13-19(30-2)14-32-21-10-7-17(12-20(21)24)23(25,26)27/h5-10,12,16,19H,11,13-14H2,1-2H3,(H,28,29). The maximum Gasteiger partial charge on any atom is 0.416 e. The van der Waals surface area contributed by atoms with Crippen LogP contribution in [-0.2, 0) is 15.7 Å². The first-order valence-corrected chi connectivity index (χ1v) is 9.91. The second-order valence-corrected chi connectivity index (χ2v) is 7.14. The molecule has 9 heteroatoms. The number of methoxy groups -OCH3 is 1. The normalized spacial score (nSPS) is 12.9. The largest absolute Gasteiger partial charge is 0.491 e. The van der Waals surface area contributed by atoms with Gasteiger partial charge >= 0.3 is 12.1 Å². The molecule has 2 atom stereocenters. The van der Waals surface area contributed by atoms with Gasteiger partial charge in [0.2, 0.25) is 0 Å². The van der Waals surface area contributed by atoms with Crippen LogP contribution in [0.4, 0.5) is 13.2 Å². The number of rotatable bonds is 10. The van der Waals surface area contributed by atoms with Crippen LogP contribution in [0, 0.1) is 11.8 Å². The molecule has 2 rings (SSSR count). The Labute approximate surface area is 189 Å². The minimum Gasteiger partial charge on any atom is -0.491 e. The lowest BCUT2D eigenvalue weighted by Crippen LogP contribution is -2.27. The van der Waals surface area contributed by atoms with E-state index in [0.29, 0.717) is 5.75 Å². The Morgan fingerprint density at radius 3 is 2.31 bits per heavy atom. The molecule has 172 valence electrons. The molecular formula is C23H22ClF3O5. The summed E-state index contributed by atoms with van der Waals surface area (Å²) in [4.78, 5) is 11.0. The van der Waals surface area contributed by atoms with E-state index in [9.17, 15) is 18.0 Å². The molecule has 2 aromatic rings. The minimum atomic E-state index is -4.49. The molecule has 1 N–H and O–H groups in total. The van der Waals surface area contributed by atoms with Crippen LogP contribution in [0.15, 0.2) is 42.5 Å². The van der Waals surface area contributed by atoms with E-state index in [0.717, 1.165) is 23.8 Å². The fourth-order valence-corrected chi connectivity index (χ4v) is 2.98. The van der Waals surface area contributed by atoms with E-state index >= 15 is 0 Å². The Balaban J connectivity index is 1.93. The Morgan fingerprint density at radius 2 is 1.78 bits per heavy atom. The number of carboxylic acids is 1. The Kier molecular flexibility index (Phi) is 9.24. The van der Waals surface area contributed by atoms with Crippen molar-refractivity contribution in [2.45, 2.75) is 31.5 Å². The lowest BCUT2D eigenvalue weighted by atomic mass is 9.96. The predicted molar refractivity (Wildman–Crippen MR) is 113 cm³/mol. The first kappa shape index (κ1) is 25.4. The molecule has 32 heavy (non-hydrogen) atoms. The van der Waals surface area contributed by atoms with Crippen molar-refractivity contribution in [1.82, 2.24) is 0 Å². The molecule has 0 heterocycles. The summed E-state index contributed by atoms with van der Waals surface area (Å²) in [6, 6.07) is 9.73. The van der Waals surface area contributed by atoms with Gasteiger partial charge in [0, 0.05) is 7.11 Å². The van der Waals surface area contributed by atoms with Crippen LogP contribution >= 0.6 is 11.6 Å². The molecule has 0 radical (unpaired) electrons. The van der Waals surface area contributed by atoms with Crippen molar-refractivity contribution < 1.29 is 37.3 Å². The van der Waals surface area contributed by atoms with Crippen molar-refractivity contribution in [3.05, 3.63) is 58.6 Å². The van der Waals surface area contributed by atoms with Crippen molar-refractivity contribution in [1.29, 1.82) is 0 Å². The van der Waals surface area contributed by atoms with Gasteiger partial charge in [0.1, 0.15) is 30.8 Å². The number of ether oxygens (including phenoxy) is 3. The third kappa shape index (κ3) is 7.66. The first-order chi connectivity index (χ1) is 15.1. The van der Waals surface area contributed by atoms with Crippen molar-refractivity contribution >= 4 is 17.6 Å². The number of alkyl halides is 3.